The third kappa shape index (κ3) is 3.23. The van der Waals surface area contributed by atoms with Crippen LogP contribution in [0.25, 0.3) is 0 Å². The number of benzene rings is 1. The minimum atomic E-state index is -0.210. The molecule has 0 unspecified atom stereocenters. The smallest absolute Gasteiger partial charge is 0.224 e. The molecule has 20 heavy (non-hydrogen) atoms. The van der Waals surface area contributed by atoms with Gasteiger partial charge in [0.2, 0.25) is 5.88 Å². The lowest BCUT2D eigenvalue weighted by Crippen LogP contribution is -2.17. The Bertz CT molecular complexity index is 651. The molecule has 0 aliphatic heterocycles. The van der Waals surface area contributed by atoms with E-state index in [1.807, 2.05) is 20.8 Å². The summed E-state index contributed by atoms with van der Waals surface area (Å²) in [5, 5.41) is 8.75. The second-order valence-electron chi connectivity index (χ2n) is 5.44. The first-order valence-electron chi connectivity index (χ1n) is 6.21. The van der Waals surface area contributed by atoms with E-state index in [0.717, 1.165) is 0 Å². The summed E-state index contributed by atoms with van der Waals surface area (Å²) in [6.07, 6.45) is 0. The molecule has 1 aromatic heterocycles. The molecule has 0 spiro atoms. The summed E-state index contributed by atoms with van der Waals surface area (Å²) in [6, 6.07) is 10.4. The van der Waals surface area contributed by atoms with E-state index in [0.29, 0.717) is 28.8 Å². The monoisotopic (exact) mass is 268 g/mol. The second kappa shape index (κ2) is 5.17. The molecule has 0 saturated carbocycles. The van der Waals surface area contributed by atoms with Crippen LogP contribution in [0.4, 0.5) is 5.82 Å². The molecule has 1 heterocycles. The largest absolute Gasteiger partial charge is 0.439 e. The van der Waals surface area contributed by atoms with Gasteiger partial charge in [0.25, 0.3) is 0 Å². The lowest BCUT2D eigenvalue weighted by molar-refractivity contribution is 0.446. The molecule has 5 nitrogen and oxygen atoms in total. The highest BCUT2D eigenvalue weighted by molar-refractivity contribution is 5.39. The van der Waals surface area contributed by atoms with Crippen LogP contribution in [0.15, 0.2) is 30.3 Å². The lowest BCUT2D eigenvalue weighted by atomic mass is 9.96. The van der Waals surface area contributed by atoms with Gasteiger partial charge < -0.3 is 10.5 Å². The van der Waals surface area contributed by atoms with Crippen LogP contribution in [0, 0.1) is 11.3 Å². The summed E-state index contributed by atoms with van der Waals surface area (Å²) in [6.45, 7) is 6.02. The first-order valence-corrected chi connectivity index (χ1v) is 6.21. The SMILES string of the molecule is CC(C)(C)c1nc(N)cc(Oc2ccc(C#N)cc2)n1. The van der Waals surface area contributed by atoms with E-state index >= 15 is 0 Å². The van der Waals surface area contributed by atoms with Crippen molar-refractivity contribution in [2.75, 3.05) is 5.73 Å². The Balaban J connectivity index is 2.29. The Morgan fingerprint density at radius 3 is 2.35 bits per heavy atom. The minimum absolute atomic E-state index is 0.210. The third-order valence-electron chi connectivity index (χ3n) is 2.60. The summed E-state index contributed by atoms with van der Waals surface area (Å²) in [5.74, 6) is 1.99. The van der Waals surface area contributed by atoms with Crippen molar-refractivity contribution in [3.63, 3.8) is 0 Å². The van der Waals surface area contributed by atoms with Crippen LogP contribution in [-0.2, 0) is 5.41 Å². The van der Waals surface area contributed by atoms with Gasteiger partial charge in [0.1, 0.15) is 17.4 Å². The predicted octanol–water partition coefficient (Wildman–Crippen LogP) is 3.02. The topological polar surface area (TPSA) is 84.8 Å². The average Bonchev–Trinajstić information content (AvgIpc) is 2.38. The summed E-state index contributed by atoms with van der Waals surface area (Å²) < 4.78 is 5.65. The fourth-order valence-corrected chi connectivity index (χ4v) is 1.55. The summed E-state index contributed by atoms with van der Waals surface area (Å²) in [5.41, 5.74) is 6.15. The van der Waals surface area contributed by atoms with Crippen molar-refractivity contribution in [1.29, 1.82) is 5.26 Å². The molecular formula is C15H16N4O. The third-order valence-corrected chi connectivity index (χ3v) is 2.60. The van der Waals surface area contributed by atoms with Gasteiger partial charge in [-0.25, -0.2) is 4.98 Å². The number of hydrogen-bond acceptors (Lipinski definition) is 5. The van der Waals surface area contributed by atoms with Crippen LogP contribution in [-0.4, -0.2) is 9.97 Å². The molecule has 0 atom stereocenters. The van der Waals surface area contributed by atoms with Gasteiger partial charge in [-0.3, -0.25) is 0 Å². The Kier molecular flexibility index (Phi) is 3.57. The van der Waals surface area contributed by atoms with Crippen molar-refractivity contribution < 1.29 is 4.74 Å². The van der Waals surface area contributed by atoms with Crippen LogP contribution in [0.5, 0.6) is 11.6 Å². The number of rotatable bonds is 2. The standard InChI is InChI=1S/C15H16N4O/c1-15(2,3)14-18-12(17)8-13(19-14)20-11-6-4-10(9-16)5-7-11/h4-8H,1-3H3,(H2,17,18,19). The predicted molar refractivity (Wildman–Crippen MR) is 76.4 cm³/mol. The molecule has 5 heteroatoms. The van der Waals surface area contributed by atoms with Crippen molar-refractivity contribution in [1.82, 2.24) is 9.97 Å². The number of nitrogens with zero attached hydrogens (tertiary/aromatic N) is 3. The molecule has 2 rings (SSSR count). The van der Waals surface area contributed by atoms with Gasteiger partial charge in [-0.15, -0.1) is 0 Å². The highest BCUT2D eigenvalue weighted by atomic mass is 16.5. The van der Waals surface area contributed by atoms with Crippen molar-refractivity contribution in [3.05, 3.63) is 41.7 Å². The molecule has 2 N–H and O–H groups in total. The maximum absolute atomic E-state index is 8.75. The Labute approximate surface area is 118 Å². The molecule has 0 aliphatic rings. The van der Waals surface area contributed by atoms with Gasteiger partial charge in [-0.2, -0.15) is 10.2 Å². The molecular weight excluding hydrogens is 252 g/mol. The number of nitrogen functional groups attached to an aromatic ring is 1. The van der Waals surface area contributed by atoms with Crippen molar-refractivity contribution in [3.8, 4) is 17.7 Å². The maximum atomic E-state index is 8.75. The normalized spacial score (nSPS) is 10.9. The Hall–Kier alpha value is -2.61. The number of anilines is 1. The molecule has 1 aromatic carbocycles. The van der Waals surface area contributed by atoms with Crippen molar-refractivity contribution in [2.45, 2.75) is 26.2 Å². The van der Waals surface area contributed by atoms with E-state index in [9.17, 15) is 0 Å². The van der Waals surface area contributed by atoms with Crippen LogP contribution in [0.1, 0.15) is 32.2 Å². The molecule has 0 amide bonds. The Morgan fingerprint density at radius 2 is 1.80 bits per heavy atom. The second-order valence-corrected chi connectivity index (χ2v) is 5.44. The fraction of sp³-hybridized carbons (Fsp3) is 0.267. The zero-order chi connectivity index (χ0) is 14.8. The average molecular weight is 268 g/mol. The Morgan fingerprint density at radius 1 is 1.15 bits per heavy atom. The van der Waals surface area contributed by atoms with Crippen molar-refractivity contribution in [2.24, 2.45) is 0 Å². The zero-order valence-corrected chi connectivity index (χ0v) is 11.7. The summed E-state index contributed by atoms with van der Waals surface area (Å²) >= 11 is 0. The number of ether oxygens (including phenoxy) is 1. The van der Waals surface area contributed by atoms with Crippen LogP contribution in [0.3, 0.4) is 0 Å². The van der Waals surface area contributed by atoms with Gasteiger partial charge in [0.05, 0.1) is 11.6 Å². The number of hydrogen-bond donors (Lipinski definition) is 1. The summed E-state index contributed by atoms with van der Waals surface area (Å²) in [4.78, 5) is 8.58. The van der Waals surface area contributed by atoms with Gasteiger partial charge in [-0.05, 0) is 24.3 Å². The van der Waals surface area contributed by atoms with Gasteiger partial charge in [0, 0.05) is 11.5 Å². The molecule has 0 bridgehead atoms. The zero-order valence-electron chi connectivity index (χ0n) is 11.7. The lowest BCUT2D eigenvalue weighted by Gasteiger charge is -2.17. The molecule has 102 valence electrons. The molecule has 0 fully saturated rings. The highest BCUT2D eigenvalue weighted by Gasteiger charge is 2.19. The quantitative estimate of drug-likeness (QED) is 0.904. The first-order chi connectivity index (χ1) is 9.38. The van der Waals surface area contributed by atoms with E-state index in [4.69, 9.17) is 15.7 Å². The molecule has 0 radical (unpaired) electrons. The maximum Gasteiger partial charge on any atom is 0.224 e. The van der Waals surface area contributed by atoms with E-state index in [1.165, 1.54) is 0 Å². The van der Waals surface area contributed by atoms with Gasteiger partial charge in [-0.1, -0.05) is 20.8 Å². The first kappa shape index (κ1) is 13.8. The number of nitriles is 1. The molecule has 0 saturated heterocycles. The van der Waals surface area contributed by atoms with E-state index < -0.39 is 0 Å². The number of aromatic nitrogens is 2. The summed E-state index contributed by atoms with van der Waals surface area (Å²) in [7, 11) is 0. The van der Waals surface area contributed by atoms with Crippen molar-refractivity contribution >= 4 is 5.82 Å². The molecule has 2 aromatic rings. The minimum Gasteiger partial charge on any atom is -0.439 e. The van der Waals surface area contributed by atoms with E-state index in [-0.39, 0.29) is 5.41 Å². The van der Waals surface area contributed by atoms with Gasteiger partial charge in [0.15, 0.2) is 0 Å². The van der Waals surface area contributed by atoms with E-state index in [1.54, 1.807) is 30.3 Å². The number of nitrogens with two attached hydrogens (primary N) is 1. The highest BCUT2D eigenvalue weighted by Crippen LogP contribution is 2.25. The fourth-order valence-electron chi connectivity index (χ4n) is 1.55. The van der Waals surface area contributed by atoms with E-state index in [2.05, 4.69) is 16.0 Å². The van der Waals surface area contributed by atoms with Crippen LogP contribution >= 0.6 is 0 Å². The van der Waals surface area contributed by atoms with Crippen LogP contribution < -0.4 is 10.5 Å². The molecule has 0 aliphatic carbocycles. The van der Waals surface area contributed by atoms with Gasteiger partial charge >= 0.3 is 0 Å². The van der Waals surface area contributed by atoms with Crippen LogP contribution in [0.2, 0.25) is 0 Å².